The zero-order valence-electron chi connectivity index (χ0n) is 11.9. The van der Waals surface area contributed by atoms with Gasteiger partial charge in [0.05, 0.1) is 6.04 Å². The zero-order valence-corrected chi connectivity index (χ0v) is 11.9. The van der Waals surface area contributed by atoms with Crippen molar-refractivity contribution in [2.45, 2.75) is 39.2 Å². The molecule has 1 aliphatic rings. The Hall–Kier alpha value is -1.35. The number of hydrogen-bond acceptors (Lipinski definition) is 2. The predicted octanol–water partition coefficient (Wildman–Crippen LogP) is 2.64. The maximum atomic E-state index is 12.5. The van der Waals surface area contributed by atoms with Crippen LogP contribution in [0.15, 0.2) is 24.3 Å². The van der Waals surface area contributed by atoms with Crippen LogP contribution in [0, 0.1) is 12.8 Å². The van der Waals surface area contributed by atoms with Gasteiger partial charge in [-0.05, 0) is 43.9 Å². The number of aryl methyl sites for hydroxylation is 1. The molecule has 0 aliphatic carbocycles. The van der Waals surface area contributed by atoms with Gasteiger partial charge in [0.15, 0.2) is 0 Å². The van der Waals surface area contributed by atoms with E-state index in [9.17, 15) is 4.79 Å². The molecule has 1 amide bonds. The summed E-state index contributed by atoms with van der Waals surface area (Å²) in [6.07, 6.45) is 2.95. The molecule has 104 valence electrons. The monoisotopic (exact) mass is 260 g/mol. The van der Waals surface area contributed by atoms with Crippen LogP contribution in [0.3, 0.4) is 0 Å². The lowest BCUT2D eigenvalue weighted by Gasteiger charge is -2.28. The standard InChI is InChI=1S/C16H24N2O/c1-12-6-3-4-7-14(12)15-8-5-11-18(15)16(19)13(2)9-10-17/h3-4,6-7,13,15H,5,8-11,17H2,1-2H3. The van der Waals surface area contributed by atoms with Crippen molar-refractivity contribution in [1.29, 1.82) is 0 Å². The quantitative estimate of drug-likeness (QED) is 0.904. The van der Waals surface area contributed by atoms with E-state index in [0.29, 0.717) is 6.54 Å². The first-order valence-electron chi connectivity index (χ1n) is 7.21. The minimum absolute atomic E-state index is 0.0367. The van der Waals surface area contributed by atoms with E-state index >= 15 is 0 Å². The maximum Gasteiger partial charge on any atom is 0.225 e. The summed E-state index contributed by atoms with van der Waals surface area (Å²) < 4.78 is 0. The van der Waals surface area contributed by atoms with Crippen LogP contribution in [0.1, 0.15) is 43.4 Å². The first-order valence-corrected chi connectivity index (χ1v) is 7.21. The Bertz CT molecular complexity index is 444. The number of benzene rings is 1. The second-order valence-electron chi connectivity index (χ2n) is 5.52. The lowest BCUT2D eigenvalue weighted by atomic mass is 9.98. The van der Waals surface area contributed by atoms with Gasteiger partial charge in [0.2, 0.25) is 5.91 Å². The molecule has 19 heavy (non-hydrogen) atoms. The zero-order chi connectivity index (χ0) is 13.8. The van der Waals surface area contributed by atoms with E-state index in [2.05, 4.69) is 36.1 Å². The van der Waals surface area contributed by atoms with Crippen molar-refractivity contribution in [3.63, 3.8) is 0 Å². The average molecular weight is 260 g/mol. The second-order valence-corrected chi connectivity index (χ2v) is 5.52. The molecule has 1 aromatic rings. The van der Waals surface area contributed by atoms with Crippen LogP contribution < -0.4 is 5.73 Å². The highest BCUT2D eigenvalue weighted by Gasteiger charge is 2.32. The highest BCUT2D eigenvalue weighted by atomic mass is 16.2. The van der Waals surface area contributed by atoms with Crippen molar-refractivity contribution >= 4 is 5.91 Å². The summed E-state index contributed by atoms with van der Waals surface area (Å²) in [5.41, 5.74) is 8.14. The van der Waals surface area contributed by atoms with Crippen LogP contribution in [0.2, 0.25) is 0 Å². The molecule has 0 radical (unpaired) electrons. The fourth-order valence-corrected chi connectivity index (χ4v) is 2.97. The predicted molar refractivity (Wildman–Crippen MR) is 77.7 cm³/mol. The summed E-state index contributed by atoms with van der Waals surface area (Å²) in [5, 5.41) is 0. The van der Waals surface area contributed by atoms with E-state index in [4.69, 9.17) is 5.73 Å². The third-order valence-corrected chi connectivity index (χ3v) is 4.10. The van der Waals surface area contributed by atoms with Crippen molar-refractivity contribution in [3.05, 3.63) is 35.4 Å². The maximum absolute atomic E-state index is 12.5. The first kappa shape index (κ1) is 14.1. The van der Waals surface area contributed by atoms with Crippen molar-refractivity contribution in [2.75, 3.05) is 13.1 Å². The van der Waals surface area contributed by atoms with Crippen molar-refractivity contribution in [1.82, 2.24) is 4.90 Å². The molecule has 2 atom stereocenters. The molecule has 2 unspecified atom stereocenters. The number of nitrogens with zero attached hydrogens (tertiary/aromatic N) is 1. The Morgan fingerprint density at radius 3 is 2.89 bits per heavy atom. The van der Waals surface area contributed by atoms with Crippen LogP contribution >= 0.6 is 0 Å². The summed E-state index contributed by atoms with van der Waals surface area (Å²) in [5.74, 6) is 0.297. The summed E-state index contributed by atoms with van der Waals surface area (Å²) in [4.78, 5) is 14.6. The van der Waals surface area contributed by atoms with Gasteiger partial charge < -0.3 is 10.6 Å². The Morgan fingerprint density at radius 2 is 2.21 bits per heavy atom. The van der Waals surface area contributed by atoms with E-state index in [1.807, 2.05) is 6.92 Å². The van der Waals surface area contributed by atoms with Crippen LogP contribution in [0.4, 0.5) is 0 Å². The fraction of sp³-hybridized carbons (Fsp3) is 0.562. The minimum Gasteiger partial charge on any atom is -0.335 e. The number of hydrogen-bond donors (Lipinski definition) is 1. The fourth-order valence-electron chi connectivity index (χ4n) is 2.97. The topological polar surface area (TPSA) is 46.3 Å². The van der Waals surface area contributed by atoms with E-state index in [0.717, 1.165) is 25.8 Å². The molecular formula is C16H24N2O. The number of carbonyl (C=O) groups is 1. The summed E-state index contributed by atoms with van der Waals surface area (Å²) >= 11 is 0. The molecule has 0 saturated carbocycles. The Kier molecular flexibility index (Phi) is 4.59. The lowest BCUT2D eigenvalue weighted by molar-refractivity contribution is -0.136. The van der Waals surface area contributed by atoms with E-state index in [1.165, 1.54) is 11.1 Å². The molecule has 1 aliphatic heterocycles. The number of amides is 1. The highest BCUT2D eigenvalue weighted by molar-refractivity contribution is 5.79. The van der Waals surface area contributed by atoms with Crippen LogP contribution in [0.5, 0.6) is 0 Å². The highest BCUT2D eigenvalue weighted by Crippen LogP contribution is 2.34. The van der Waals surface area contributed by atoms with Crippen LogP contribution in [-0.2, 0) is 4.79 Å². The second kappa shape index (κ2) is 6.20. The van der Waals surface area contributed by atoms with Crippen LogP contribution in [-0.4, -0.2) is 23.9 Å². The smallest absolute Gasteiger partial charge is 0.225 e. The molecule has 1 fully saturated rings. The molecule has 0 aromatic heterocycles. The van der Waals surface area contributed by atoms with E-state index in [1.54, 1.807) is 0 Å². The van der Waals surface area contributed by atoms with Gasteiger partial charge >= 0.3 is 0 Å². The van der Waals surface area contributed by atoms with Gasteiger partial charge in [-0.15, -0.1) is 0 Å². The third-order valence-electron chi connectivity index (χ3n) is 4.10. The van der Waals surface area contributed by atoms with Crippen molar-refractivity contribution < 1.29 is 4.79 Å². The summed E-state index contributed by atoms with van der Waals surface area (Å²) in [6, 6.07) is 8.65. The Balaban J connectivity index is 2.17. The van der Waals surface area contributed by atoms with E-state index < -0.39 is 0 Å². The third kappa shape index (κ3) is 2.98. The molecule has 2 N–H and O–H groups in total. The minimum atomic E-state index is 0.0367. The molecule has 1 saturated heterocycles. The Labute approximate surface area is 115 Å². The van der Waals surface area contributed by atoms with Gasteiger partial charge in [0.25, 0.3) is 0 Å². The molecule has 3 nitrogen and oxygen atoms in total. The molecule has 0 bridgehead atoms. The van der Waals surface area contributed by atoms with Gasteiger partial charge in [0, 0.05) is 12.5 Å². The molecule has 0 spiro atoms. The lowest BCUT2D eigenvalue weighted by Crippen LogP contribution is -2.35. The molecule has 1 aromatic carbocycles. The van der Waals surface area contributed by atoms with Crippen molar-refractivity contribution in [3.8, 4) is 0 Å². The molecule has 2 rings (SSSR count). The number of likely N-dealkylation sites (tertiary alicyclic amines) is 1. The first-order chi connectivity index (χ1) is 9.15. The Morgan fingerprint density at radius 1 is 1.47 bits per heavy atom. The van der Waals surface area contributed by atoms with Gasteiger partial charge in [-0.2, -0.15) is 0 Å². The van der Waals surface area contributed by atoms with Gasteiger partial charge in [-0.3, -0.25) is 4.79 Å². The number of rotatable bonds is 4. The molecular weight excluding hydrogens is 236 g/mol. The van der Waals surface area contributed by atoms with Gasteiger partial charge in [-0.25, -0.2) is 0 Å². The number of nitrogens with two attached hydrogens (primary N) is 1. The average Bonchev–Trinajstić information content (AvgIpc) is 2.87. The summed E-state index contributed by atoms with van der Waals surface area (Å²) in [7, 11) is 0. The summed E-state index contributed by atoms with van der Waals surface area (Å²) in [6.45, 7) is 5.57. The van der Waals surface area contributed by atoms with Crippen molar-refractivity contribution in [2.24, 2.45) is 11.7 Å². The number of carbonyl (C=O) groups excluding carboxylic acids is 1. The SMILES string of the molecule is Cc1ccccc1C1CCCN1C(=O)C(C)CCN. The normalized spacial score (nSPS) is 20.6. The largest absolute Gasteiger partial charge is 0.335 e. The van der Waals surface area contributed by atoms with Gasteiger partial charge in [-0.1, -0.05) is 31.2 Å². The molecule has 3 heteroatoms. The van der Waals surface area contributed by atoms with Crippen LogP contribution in [0.25, 0.3) is 0 Å². The molecule has 1 heterocycles. The van der Waals surface area contributed by atoms with Gasteiger partial charge in [0.1, 0.15) is 0 Å². The van der Waals surface area contributed by atoms with E-state index in [-0.39, 0.29) is 17.9 Å².